The summed E-state index contributed by atoms with van der Waals surface area (Å²) in [4.78, 5) is 0. The number of anilines is 1. The second-order valence-electron chi connectivity index (χ2n) is 6.92. The van der Waals surface area contributed by atoms with Crippen LogP contribution in [0.4, 0.5) is 32.0 Å². The lowest BCUT2D eigenvalue weighted by Crippen LogP contribution is -2.38. The van der Waals surface area contributed by atoms with Crippen molar-refractivity contribution in [2.45, 2.75) is 18.8 Å². The van der Waals surface area contributed by atoms with Crippen LogP contribution in [0.25, 0.3) is 11.1 Å². The van der Waals surface area contributed by atoms with Crippen molar-refractivity contribution in [1.29, 1.82) is 0 Å². The lowest BCUT2D eigenvalue weighted by Gasteiger charge is -2.33. The second kappa shape index (κ2) is 7.62. The van der Waals surface area contributed by atoms with E-state index in [0.29, 0.717) is 23.4 Å². The molecule has 4 rings (SSSR count). The molecule has 158 valence electrons. The molecule has 0 saturated carbocycles. The topological polar surface area (TPSA) is 30.5 Å². The van der Waals surface area contributed by atoms with Crippen molar-refractivity contribution in [2.24, 2.45) is 5.92 Å². The number of hydrogen-bond acceptors (Lipinski definition) is 3. The van der Waals surface area contributed by atoms with Crippen LogP contribution in [0.5, 0.6) is 5.75 Å². The van der Waals surface area contributed by atoms with Crippen LogP contribution < -0.4 is 10.1 Å². The largest absolute Gasteiger partial charge is 0.573 e. The van der Waals surface area contributed by atoms with E-state index in [-0.39, 0.29) is 29.9 Å². The van der Waals surface area contributed by atoms with E-state index >= 15 is 0 Å². The van der Waals surface area contributed by atoms with Crippen LogP contribution in [0.2, 0.25) is 0 Å². The Labute approximate surface area is 167 Å². The number of alkyl halides is 3. The Hall–Kier alpha value is -3.10. The van der Waals surface area contributed by atoms with E-state index in [9.17, 15) is 26.3 Å². The predicted molar refractivity (Wildman–Crippen MR) is 97.1 cm³/mol. The van der Waals surface area contributed by atoms with Gasteiger partial charge in [0.1, 0.15) is 18.1 Å². The Balaban J connectivity index is 1.59. The van der Waals surface area contributed by atoms with Gasteiger partial charge in [-0.1, -0.05) is 18.2 Å². The zero-order chi connectivity index (χ0) is 21.5. The zero-order valence-corrected chi connectivity index (χ0v) is 15.3. The molecule has 2 aliphatic rings. The Morgan fingerprint density at radius 3 is 2.50 bits per heavy atom. The molecule has 0 radical (unpaired) electrons. The summed E-state index contributed by atoms with van der Waals surface area (Å²) >= 11 is 0. The standard InChI is InChI=1S/C21H15F6NO2/c22-15-8-12(9-16(23)19(15)24)14-5-2-6-17-20(14)29-10-18(28-17)11-3-1-4-13(7-11)30-21(25,26)27/h1-2,4-9,11,18,28H,3,10H2/t11?,18-/m1/s1. The van der Waals surface area contributed by atoms with Crippen LogP contribution >= 0.6 is 0 Å². The fraction of sp³-hybridized carbons (Fsp3) is 0.238. The maximum Gasteiger partial charge on any atom is 0.573 e. The van der Waals surface area contributed by atoms with E-state index < -0.39 is 23.8 Å². The number of fused-ring (bicyclic) bond motifs is 1. The molecule has 1 heterocycles. The molecule has 9 heteroatoms. The highest BCUT2D eigenvalue weighted by atomic mass is 19.4. The average molecular weight is 427 g/mol. The minimum absolute atomic E-state index is 0.102. The summed E-state index contributed by atoms with van der Waals surface area (Å²) < 4.78 is 87.8. The van der Waals surface area contributed by atoms with Crippen molar-refractivity contribution in [3.05, 3.63) is 71.8 Å². The Bertz CT molecular complexity index is 1010. The molecule has 0 amide bonds. The fourth-order valence-corrected chi connectivity index (χ4v) is 3.55. The van der Waals surface area contributed by atoms with Gasteiger partial charge in [-0.15, -0.1) is 13.2 Å². The van der Waals surface area contributed by atoms with Crippen molar-refractivity contribution in [3.8, 4) is 16.9 Å². The summed E-state index contributed by atoms with van der Waals surface area (Å²) in [6.07, 6.45) is -0.0697. The quantitative estimate of drug-likeness (QED) is 0.486. The highest BCUT2D eigenvalue weighted by molar-refractivity contribution is 5.79. The molecule has 2 atom stereocenters. The normalized spacial score (nSPS) is 20.7. The van der Waals surface area contributed by atoms with E-state index in [1.54, 1.807) is 24.3 Å². The molecule has 1 aliphatic carbocycles. The van der Waals surface area contributed by atoms with Gasteiger partial charge in [-0.05, 0) is 42.3 Å². The first-order chi connectivity index (χ1) is 14.2. The lowest BCUT2D eigenvalue weighted by molar-refractivity contribution is -0.303. The highest BCUT2D eigenvalue weighted by Gasteiger charge is 2.34. The van der Waals surface area contributed by atoms with Crippen molar-refractivity contribution in [1.82, 2.24) is 0 Å². The number of benzene rings is 2. The van der Waals surface area contributed by atoms with Crippen LogP contribution in [0.1, 0.15) is 6.42 Å². The minimum Gasteiger partial charge on any atom is -0.489 e. The first kappa shape index (κ1) is 20.2. The van der Waals surface area contributed by atoms with Gasteiger partial charge >= 0.3 is 6.36 Å². The number of ether oxygens (including phenoxy) is 2. The summed E-state index contributed by atoms with van der Waals surface area (Å²) in [5.74, 6) is -4.50. The van der Waals surface area contributed by atoms with Gasteiger partial charge in [-0.3, -0.25) is 0 Å². The smallest absolute Gasteiger partial charge is 0.489 e. The van der Waals surface area contributed by atoms with Gasteiger partial charge in [0.2, 0.25) is 0 Å². The molecular weight excluding hydrogens is 412 g/mol. The average Bonchev–Trinajstić information content (AvgIpc) is 2.69. The fourth-order valence-electron chi connectivity index (χ4n) is 3.55. The molecule has 2 aromatic carbocycles. The number of allylic oxidation sites excluding steroid dienone is 2. The van der Waals surface area contributed by atoms with Gasteiger partial charge in [-0.2, -0.15) is 0 Å². The van der Waals surface area contributed by atoms with Gasteiger partial charge in [0.25, 0.3) is 0 Å². The third-order valence-electron chi connectivity index (χ3n) is 4.88. The molecule has 0 saturated heterocycles. The van der Waals surface area contributed by atoms with Crippen molar-refractivity contribution < 1.29 is 35.8 Å². The Kier molecular flexibility index (Phi) is 5.13. The van der Waals surface area contributed by atoms with Gasteiger partial charge in [0, 0.05) is 11.5 Å². The predicted octanol–water partition coefficient (Wildman–Crippen LogP) is 5.94. The van der Waals surface area contributed by atoms with Crippen molar-refractivity contribution in [2.75, 3.05) is 11.9 Å². The summed E-state index contributed by atoms with van der Waals surface area (Å²) in [7, 11) is 0. The molecule has 3 nitrogen and oxygen atoms in total. The molecule has 1 aliphatic heterocycles. The van der Waals surface area contributed by atoms with E-state index in [1.807, 2.05) is 0 Å². The van der Waals surface area contributed by atoms with E-state index in [0.717, 1.165) is 12.1 Å². The monoisotopic (exact) mass is 427 g/mol. The molecule has 30 heavy (non-hydrogen) atoms. The van der Waals surface area contributed by atoms with Crippen LogP contribution in [-0.4, -0.2) is 19.0 Å². The second-order valence-corrected chi connectivity index (χ2v) is 6.92. The molecule has 0 fully saturated rings. The van der Waals surface area contributed by atoms with Crippen LogP contribution in [0, 0.1) is 23.4 Å². The van der Waals surface area contributed by atoms with Gasteiger partial charge < -0.3 is 14.8 Å². The zero-order valence-electron chi connectivity index (χ0n) is 15.3. The molecule has 1 N–H and O–H groups in total. The first-order valence-electron chi connectivity index (χ1n) is 9.02. The number of nitrogens with one attached hydrogen (secondary N) is 1. The minimum atomic E-state index is -4.78. The highest BCUT2D eigenvalue weighted by Crippen LogP contribution is 2.41. The molecule has 0 aromatic heterocycles. The first-order valence-corrected chi connectivity index (χ1v) is 9.02. The molecule has 2 aromatic rings. The number of hydrogen-bond donors (Lipinski definition) is 1. The molecule has 0 bridgehead atoms. The lowest BCUT2D eigenvalue weighted by atomic mass is 9.91. The molecule has 1 unspecified atom stereocenters. The van der Waals surface area contributed by atoms with Gasteiger partial charge in [-0.25, -0.2) is 13.2 Å². The SMILES string of the molecule is Fc1cc(-c2cccc3c2OC[C@H](C2C=C(OC(F)(F)F)C=CC2)N3)cc(F)c1F. The molecule has 0 spiro atoms. The summed E-state index contributed by atoms with van der Waals surface area (Å²) in [5, 5.41) is 3.20. The van der Waals surface area contributed by atoms with Crippen LogP contribution in [0.15, 0.2) is 54.3 Å². The summed E-state index contributed by atoms with van der Waals surface area (Å²) in [6, 6.07) is 6.27. The van der Waals surface area contributed by atoms with E-state index in [2.05, 4.69) is 10.1 Å². The van der Waals surface area contributed by atoms with Gasteiger partial charge in [0.05, 0.1) is 11.7 Å². The Morgan fingerprint density at radius 1 is 1.07 bits per heavy atom. The summed E-state index contributed by atoms with van der Waals surface area (Å²) in [5.41, 5.74) is 0.969. The maximum atomic E-state index is 13.6. The van der Waals surface area contributed by atoms with Crippen molar-refractivity contribution >= 4 is 5.69 Å². The molecular formula is C21H15F6NO2. The number of para-hydroxylation sites is 1. The maximum absolute atomic E-state index is 13.6. The van der Waals surface area contributed by atoms with Crippen LogP contribution in [0.3, 0.4) is 0 Å². The van der Waals surface area contributed by atoms with Gasteiger partial charge in [0.15, 0.2) is 17.5 Å². The van der Waals surface area contributed by atoms with Crippen LogP contribution in [-0.2, 0) is 4.74 Å². The third kappa shape index (κ3) is 4.10. The Morgan fingerprint density at radius 2 is 1.80 bits per heavy atom. The number of halogens is 6. The number of rotatable bonds is 3. The van der Waals surface area contributed by atoms with E-state index in [1.165, 1.54) is 12.2 Å². The van der Waals surface area contributed by atoms with E-state index in [4.69, 9.17) is 4.74 Å². The van der Waals surface area contributed by atoms with Crippen molar-refractivity contribution in [3.63, 3.8) is 0 Å². The third-order valence-corrected chi connectivity index (χ3v) is 4.88. The summed E-state index contributed by atoms with van der Waals surface area (Å²) in [6.45, 7) is 0.102.